The molecule has 2 N–H and O–H groups in total. The second-order valence-corrected chi connectivity index (χ2v) is 9.14. The predicted molar refractivity (Wildman–Crippen MR) is 145 cm³/mol. The highest BCUT2D eigenvalue weighted by Crippen LogP contribution is 2.41. The average molecular weight is 506 g/mol. The van der Waals surface area contributed by atoms with Gasteiger partial charge in [-0.05, 0) is 50.2 Å². The molecule has 0 aliphatic carbocycles. The van der Waals surface area contributed by atoms with Gasteiger partial charge in [0, 0.05) is 28.6 Å². The number of para-hydroxylation sites is 3. The summed E-state index contributed by atoms with van der Waals surface area (Å²) in [7, 11) is 0. The molecule has 1 aliphatic heterocycles. The predicted octanol–water partition coefficient (Wildman–Crippen LogP) is 6.44. The van der Waals surface area contributed by atoms with Crippen LogP contribution in [0.15, 0.2) is 101 Å². The van der Waals surface area contributed by atoms with Crippen molar-refractivity contribution in [1.82, 2.24) is 9.55 Å². The number of benzene rings is 3. The lowest BCUT2D eigenvalue weighted by molar-refractivity contribution is -0.385. The molecule has 0 spiro atoms. The molecule has 6 rings (SSSR count). The number of hydrogen-bond acceptors (Lipinski definition) is 6. The van der Waals surface area contributed by atoms with Gasteiger partial charge in [0.25, 0.3) is 11.6 Å². The van der Waals surface area contributed by atoms with E-state index in [4.69, 9.17) is 9.40 Å². The van der Waals surface area contributed by atoms with E-state index in [-0.39, 0.29) is 11.6 Å². The van der Waals surface area contributed by atoms with Gasteiger partial charge in [0.05, 0.1) is 21.5 Å². The fourth-order valence-electron chi connectivity index (χ4n) is 4.86. The number of anilines is 2. The highest BCUT2D eigenvalue weighted by atomic mass is 16.6. The number of carbonyl (C=O) groups excluding carboxylic acids is 1. The van der Waals surface area contributed by atoms with Gasteiger partial charge in [0.15, 0.2) is 0 Å². The van der Waals surface area contributed by atoms with Crippen LogP contribution in [0.3, 0.4) is 0 Å². The lowest BCUT2D eigenvalue weighted by atomic mass is 9.99. The summed E-state index contributed by atoms with van der Waals surface area (Å²) in [6.45, 7) is 3.53. The van der Waals surface area contributed by atoms with Gasteiger partial charge in [-0.2, -0.15) is 0 Å². The number of fused-ring (bicyclic) bond motifs is 3. The van der Waals surface area contributed by atoms with Gasteiger partial charge >= 0.3 is 0 Å². The molecule has 9 nitrogen and oxygen atoms in total. The highest BCUT2D eigenvalue weighted by Gasteiger charge is 2.36. The monoisotopic (exact) mass is 505 g/mol. The number of nitrogens with zero attached hydrogens (tertiary/aromatic N) is 3. The molecule has 2 aromatic heterocycles. The number of amides is 1. The Balaban J connectivity index is 1.49. The Labute approximate surface area is 217 Å². The summed E-state index contributed by atoms with van der Waals surface area (Å²) < 4.78 is 8.27. The summed E-state index contributed by atoms with van der Waals surface area (Å²) in [5.74, 6) is 1.28. The number of allylic oxidation sites excluding steroid dienone is 1. The van der Waals surface area contributed by atoms with Gasteiger partial charge in [-0.15, -0.1) is 0 Å². The first-order chi connectivity index (χ1) is 18.4. The first-order valence-corrected chi connectivity index (χ1v) is 12.1. The van der Waals surface area contributed by atoms with Crippen molar-refractivity contribution in [3.8, 4) is 11.3 Å². The Morgan fingerprint density at radius 2 is 1.79 bits per heavy atom. The molecule has 1 atom stereocenters. The Hall–Kier alpha value is -5.18. The van der Waals surface area contributed by atoms with Gasteiger partial charge in [-0.25, -0.2) is 4.98 Å². The fraction of sp³-hybridized carbons (Fsp3) is 0.103. The zero-order valence-electron chi connectivity index (χ0n) is 20.6. The molecule has 9 heteroatoms. The van der Waals surface area contributed by atoms with Crippen LogP contribution in [-0.2, 0) is 4.79 Å². The van der Waals surface area contributed by atoms with Crippen molar-refractivity contribution in [2.75, 3.05) is 10.6 Å². The highest BCUT2D eigenvalue weighted by molar-refractivity contribution is 6.06. The number of aryl methyl sites for hydroxylation is 1. The number of carbonyl (C=O) groups is 1. The van der Waals surface area contributed by atoms with Gasteiger partial charge in [-0.3, -0.25) is 19.5 Å². The van der Waals surface area contributed by atoms with Crippen molar-refractivity contribution >= 4 is 34.3 Å². The summed E-state index contributed by atoms with van der Waals surface area (Å²) in [5.41, 5.74) is 4.56. The van der Waals surface area contributed by atoms with Gasteiger partial charge in [0.2, 0.25) is 5.95 Å². The first kappa shape index (κ1) is 23.2. The van der Waals surface area contributed by atoms with E-state index in [0.717, 1.165) is 11.0 Å². The maximum atomic E-state index is 13.7. The summed E-state index contributed by atoms with van der Waals surface area (Å²) in [6.07, 6.45) is 0. The van der Waals surface area contributed by atoms with Crippen molar-refractivity contribution in [2.24, 2.45) is 0 Å². The number of nitro groups is 1. The van der Waals surface area contributed by atoms with E-state index in [1.54, 1.807) is 31.2 Å². The second-order valence-electron chi connectivity index (χ2n) is 9.14. The van der Waals surface area contributed by atoms with E-state index in [2.05, 4.69) is 10.6 Å². The molecule has 1 aliphatic rings. The van der Waals surface area contributed by atoms with Crippen LogP contribution in [0.5, 0.6) is 0 Å². The molecule has 3 aromatic carbocycles. The number of nitro benzene ring substituents is 1. The molecular formula is C29H23N5O4. The lowest BCUT2D eigenvalue weighted by Crippen LogP contribution is -2.30. The molecule has 5 aromatic rings. The zero-order valence-corrected chi connectivity index (χ0v) is 20.6. The maximum Gasteiger partial charge on any atom is 0.273 e. The molecule has 188 valence electrons. The van der Waals surface area contributed by atoms with Crippen LogP contribution in [0.1, 0.15) is 24.3 Å². The molecule has 0 fully saturated rings. The molecule has 0 radical (unpaired) electrons. The first-order valence-electron chi connectivity index (χ1n) is 12.1. The Bertz CT molecular complexity index is 1750. The number of hydrogen-bond donors (Lipinski definition) is 2. The van der Waals surface area contributed by atoms with E-state index >= 15 is 0 Å². The number of imidazole rings is 1. The maximum absolute atomic E-state index is 13.7. The molecular weight excluding hydrogens is 482 g/mol. The molecule has 3 heterocycles. The fourth-order valence-corrected chi connectivity index (χ4v) is 4.86. The summed E-state index contributed by atoms with van der Waals surface area (Å²) in [4.78, 5) is 29.5. The number of aromatic nitrogens is 2. The van der Waals surface area contributed by atoms with Crippen molar-refractivity contribution in [3.05, 3.63) is 118 Å². The van der Waals surface area contributed by atoms with Gasteiger partial charge in [-0.1, -0.05) is 42.5 Å². The topological polar surface area (TPSA) is 115 Å². The van der Waals surface area contributed by atoms with Crippen molar-refractivity contribution < 1.29 is 14.1 Å². The SMILES string of the molecule is CC1=C(C(=O)Nc2ccccc2)[C@H](c2ccc(-c3ccc(C)c([N+](=O)[O-])c3)o2)n2c(nc3ccccc32)N1. The summed E-state index contributed by atoms with van der Waals surface area (Å²) >= 11 is 0. The Morgan fingerprint density at radius 3 is 2.58 bits per heavy atom. The molecule has 38 heavy (non-hydrogen) atoms. The van der Waals surface area contributed by atoms with Crippen LogP contribution in [-0.4, -0.2) is 20.4 Å². The standard InChI is InChI=1S/C29H23N5O4/c1-17-12-13-19(16-23(17)34(36)37)24-14-15-25(38-24)27-26(28(35)31-20-8-4-3-5-9-20)18(2)30-29-32-21-10-6-7-11-22(21)33(27)29/h3-16,27H,1-2H3,(H,30,32)(H,31,35)/t27-/m0/s1. The van der Waals surface area contributed by atoms with Crippen molar-refractivity contribution in [2.45, 2.75) is 19.9 Å². The molecule has 0 saturated carbocycles. The zero-order chi connectivity index (χ0) is 26.4. The van der Waals surface area contributed by atoms with Crippen LogP contribution in [0.4, 0.5) is 17.3 Å². The van der Waals surface area contributed by atoms with Crippen molar-refractivity contribution in [3.63, 3.8) is 0 Å². The smallest absolute Gasteiger partial charge is 0.273 e. The number of furan rings is 1. The van der Waals surface area contributed by atoms with E-state index in [0.29, 0.717) is 45.6 Å². The second kappa shape index (κ2) is 9.04. The van der Waals surface area contributed by atoms with E-state index in [1.807, 2.05) is 66.1 Å². The third kappa shape index (κ3) is 3.90. The lowest BCUT2D eigenvalue weighted by Gasteiger charge is -2.29. The summed E-state index contributed by atoms with van der Waals surface area (Å²) in [5, 5.41) is 17.8. The van der Waals surface area contributed by atoms with Crippen LogP contribution in [0, 0.1) is 17.0 Å². The normalized spacial score (nSPS) is 14.7. The minimum absolute atomic E-state index is 0.0175. The van der Waals surface area contributed by atoms with E-state index in [9.17, 15) is 14.9 Å². The third-order valence-electron chi connectivity index (χ3n) is 6.69. The van der Waals surface area contributed by atoms with E-state index in [1.165, 1.54) is 6.07 Å². The third-order valence-corrected chi connectivity index (χ3v) is 6.69. The van der Waals surface area contributed by atoms with Gasteiger partial charge < -0.3 is 15.1 Å². The van der Waals surface area contributed by atoms with Gasteiger partial charge in [0.1, 0.15) is 17.6 Å². The van der Waals surface area contributed by atoms with E-state index < -0.39 is 11.0 Å². The Morgan fingerprint density at radius 1 is 1.03 bits per heavy atom. The summed E-state index contributed by atoms with van der Waals surface area (Å²) in [6, 6.07) is 24.9. The molecule has 0 unspecified atom stereocenters. The number of rotatable bonds is 5. The minimum atomic E-state index is -0.628. The largest absolute Gasteiger partial charge is 0.458 e. The van der Waals surface area contributed by atoms with Crippen LogP contribution in [0.25, 0.3) is 22.4 Å². The van der Waals surface area contributed by atoms with Crippen molar-refractivity contribution in [1.29, 1.82) is 0 Å². The molecule has 0 saturated heterocycles. The van der Waals surface area contributed by atoms with Crippen LogP contribution < -0.4 is 10.6 Å². The average Bonchev–Trinajstić information content (AvgIpc) is 3.53. The number of nitrogens with one attached hydrogen (secondary N) is 2. The van der Waals surface area contributed by atoms with Crippen LogP contribution in [0.2, 0.25) is 0 Å². The quantitative estimate of drug-likeness (QED) is 0.210. The Kier molecular flexibility index (Phi) is 5.53. The molecule has 1 amide bonds. The molecule has 0 bridgehead atoms. The van der Waals surface area contributed by atoms with Crippen LogP contribution >= 0.6 is 0 Å². The minimum Gasteiger partial charge on any atom is -0.458 e.